The summed E-state index contributed by atoms with van der Waals surface area (Å²) in [6.07, 6.45) is -9.71. The van der Waals surface area contributed by atoms with Crippen LogP contribution in [0.4, 0.5) is 0 Å². The van der Waals surface area contributed by atoms with Gasteiger partial charge in [0.15, 0.2) is 12.4 Å². The first-order valence-corrected chi connectivity index (χ1v) is 5.69. The Kier molecular flexibility index (Phi) is 4.42. The van der Waals surface area contributed by atoms with Gasteiger partial charge in [-0.1, -0.05) is 34.8 Å². The van der Waals surface area contributed by atoms with Crippen molar-refractivity contribution in [2.24, 2.45) is 0 Å². The third-order valence-electron chi connectivity index (χ3n) is 2.10. The van der Waals surface area contributed by atoms with Crippen molar-refractivity contribution in [1.29, 1.82) is 0 Å². The Labute approximate surface area is 120 Å². The highest BCUT2D eigenvalue weighted by molar-refractivity contribution is 6.67. The average molecular weight is 330 g/mol. The number of hydrogen-bond donors (Lipinski definition) is 4. The van der Waals surface area contributed by atoms with Gasteiger partial charge in [0.2, 0.25) is 3.79 Å². The fourth-order valence-electron chi connectivity index (χ4n) is 1.27. The molecule has 0 bridgehead atoms. The molecule has 10 heteroatoms. The summed E-state index contributed by atoms with van der Waals surface area (Å²) in [4.78, 5) is 10.8. The van der Waals surface area contributed by atoms with E-state index in [1.807, 2.05) is 0 Å². The number of carbonyl (C=O) groups is 1. The Bertz CT molecular complexity index is 378. The molecule has 0 unspecified atom stereocenters. The van der Waals surface area contributed by atoms with Crippen LogP contribution in [-0.2, 0) is 14.3 Å². The Balaban J connectivity index is 2.92. The quantitative estimate of drug-likeness (QED) is 0.398. The zero-order chi connectivity index (χ0) is 15.9. The van der Waals surface area contributed by atoms with Crippen molar-refractivity contribution in [2.45, 2.75) is 34.5 Å². The molecule has 1 saturated heterocycles. The number of alkyl halides is 3. The Hall–Kier alpha value is 0.140. The molecule has 0 aliphatic carbocycles. The lowest BCUT2D eigenvalue weighted by Crippen LogP contribution is -2.60. The van der Waals surface area contributed by atoms with Gasteiger partial charge in [-0.3, -0.25) is 0 Å². The fraction of sp³-hybridized carbons (Fsp3) is 0.875. The zero-order valence-corrected chi connectivity index (χ0v) is 10.8. The van der Waals surface area contributed by atoms with Gasteiger partial charge in [-0.2, -0.15) is 0 Å². The van der Waals surface area contributed by atoms with Crippen LogP contribution in [0.15, 0.2) is 0 Å². The molecule has 5 atom stereocenters. The molecule has 4 N–H and O–H groups in total. The molecule has 7 nitrogen and oxygen atoms in total. The van der Waals surface area contributed by atoms with E-state index in [1.54, 1.807) is 0 Å². The molecule has 1 rings (SSSR count). The van der Waals surface area contributed by atoms with Crippen LogP contribution in [0.5, 0.6) is 0 Å². The molecule has 0 amide bonds. The summed E-state index contributed by atoms with van der Waals surface area (Å²) in [5, 5.41) is 37.3. The third kappa shape index (κ3) is 4.07. The second kappa shape index (κ2) is 6.06. The van der Waals surface area contributed by atoms with E-state index in [0.29, 0.717) is 0 Å². The van der Waals surface area contributed by atoms with Gasteiger partial charge in [-0.25, -0.2) is 4.79 Å². The van der Waals surface area contributed by atoms with Gasteiger partial charge in [-0.15, -0.1) is 0 Å². The summed E-state index contributed by atoms with van der Waals surface area (Å²) >= 11 is 16.0. The van der Waals surface area contributed by atoms with Crippen LogP contribution < -0.4 is 0 Å². The third-order valence-corrected chi connectivity index (χ3v) is 2.34. The Morgan fingerprint density at radius 2 is 1.83 bits per heavy atom. The number of rotatable bonds is 3. The van der Waals surface area contributed by atoms with E-state index < -0.39 is 47.0 Å². The lowest BCUT2D eigenvalue weighted by atomic mass is 9.99. The van der Waals surface area contributed by atoms with E-state index in [1.165, 1.54) is 0 Å². The largest absolute Gasteiger partial charge is 0.479 e. The molecule has 0 aromatic carbocycles. The number of halogens is 3. The number of aliphatic hydroxyl groups is 3. The normalized spacial score (nSPS) is 40.0. The SMILES string of the molecule is [2H][13C]([2H])(O[C@@H]1O[C@H](C(=O)O)[C@@H](O)[C@H](O)[C@H]1O)[13C](Cl)(Cl)Cl. The number of carboxylic acid groups (broad SMARTS) is 1. The number of aliphatic carboxylic acids is 1. The predicted octanol–water partition coefficient (Wildman–Crippen LogP) is -0.735. The van der Waals surface area contributed by atoms with Gasteiger partial charge in [0.1, 0.15) is 18.3 Å². The van der Waals surface area contributed by atoms with Gasteiger partial charge in [0.05, 0.1) is 9.30 Å². The molecular formula is C8H11Cl3O7. The maximum atomic E-state index is 10.8. The van der Waals surface area contributed by atoms with Crippen LogP contribution in [0.25, 0.3) is 0 Å². The number of carboxylic acids is 1. The molecular weight excluding hydrogens is 316 g/mol. The molecule has 1 aliphatic rings. The van der Waals surface area contributed by atoms with Crippen molar-refractivity contribution in [1.82, 2.24) is 0 Å². The van der Waals surface area contributed by atoms with Crippen molar-refractivity contribution in [3.63, 3.8) is 0 Å². The summed E-state index contributed by atoms with van der Waals surface area (Å²) in [7, 11) is 0. The first-order chi connectivity index (χ1) is 8.88. The highest BCUT2D eigenvalue weighted by Crippen LogP contribution is 2.29. The molecule has 1 aliphatic heterocycles. The maximum Gasteiger partial charge on any atom is 0.335 e. The topological polar surface area (TPSA) is 116 Å². The van der Waals surface area contributed by atoms with Crippen LogP contribution in [0.3, 0.4) is 0 Å². The molecule has 18 heavy (non-hydrogen) atoms. The number of aliphatic hydroxyl groups excluding tert-OH is 3. The summed E-state index contributed by atoms with van der Waals surface area (Å²) in [5.74, 6) is -1.65. The summed E-state index contributed by atoms with van der Waals surface area (Å²) in [6.45, 7) is -2.95. The van der Waals surface area contributed by atoms with E-state index in [9.17, 15) is 20.1 Å². The molecule has 0 radical (unpaired) electrons. The molecule has 0 aromatic heterocycles. The van der Waals surface area contributed by atoms with Crippen LogP contribution in [-0.4, -0.2) is 67.5 Å². The Morgan fingerprint density at radius 1 is 1.28 bits per heavy atom. The molecule has 106 valence electrons. The molecule has 0 aromatic rings. The first kappa shape index (κ1) is 13.1. The van der Waals surface area contributed by atoms with Crippen LogP contribution in [0, 0.1) is 0 Å². The fourth-order valence-corrected chi connectivity index (χ4v) is 1.41. The van der Waals surface area contributed by atoms with Crippen molar-refractivity contribution in [3.05, 3.63) is 0 Å². The van der Waals surface area contributed by atoms with Crippen molar-refractivity contribution >= 4 is 40.8 Å². The molecule has 0 saturated carbocycles. The van der Waals surface area contributed by atoms with Crippen molar-refractivity contribution < 1.29 is 37.4 Å². The monoisotopic (exact) mass is 328 g/mol. The lowest BCUT2D eigenvalue weighted by molar-refractivity contribution is -0.293. The highest BCUT2D eigenvalue weighted by Gasteiger charge is 2.47. The standard InChI is InChI=1S/C8H11Cl3O7/c9-8(10,11)1-17-7-4(14)2(12)3(13)5(18-7)6(15)16/h2-5,7,12-14H,1H2,(H,15,16)/t2-,3-,4+,5-,7+/m0/s1/i1+1D2,8+1. The van der Waals surface area contributed by atoms with Crippen LogP contribution in [0.1, 0.15) is 2.74 Å². The second-order valence-electron chi connectivity index (χ2n) is 3.45. The minimum atomic E-state index is -2.95. The highest BCUT2D eigenvalue weighted by atomic mass is 35.6. The minimum Gasteiger partial charge on any atom is -0.479 e. The summed E-state index contributed by atoms with van der Waals surface area (Å²) < 4.78 is 21.4. The molecule has 0 spiro atoms. The number of hydrogen-bond acceptors (Lipinski definition) is 6. The summed E-state index contributed by atoms with van der Waals surface area (Å²) in [6, 6.07) is 0. The predicted molar refractivity (Wildman–Crippen MR) is 60.6 cm³/mol. The minimum absolute atomic E-state index is 1.65. The number of ether oxygens (including phenoxy) is 2. The Morgan fingerprint density at radius 3 is 2.28 bits per heavy atom. The van der Waals surface area contributed by atoms with Crippen LogP contribution >= 0.6 is 34.8 Å². The smallest absolute Gasteiger partial charge is 0.335 e. The lowest BCUT2D eigenvalue weighted by Gasteiger charge is -2.38. The van der Waals surface area contributed by atoms with E-state index in [4.69, 9.17) is 42.7 Å². The van der Waals surface area contributed by atoms with Gasteiger partial charge in [0, 0.05) is 0 Å². The molecule has 1 fully saturated rings. The van der Waals surface area contributed by atoms with Gasteiger partial charge >= 0.3 is 5.97 Å². The summed E-state index contributed by atoms with van der Waals surface area (Å²) in [5.41, 5.74) is 0. The van der Waals surface area contributed by atoms with Gasteiger partial charge in [0.25, 0.3) is 0 Å². The van der Waals surface area contributed by atoms with Gasteiger partial charge in [-0.05, 0) is 0 Å². The van der Waals surface area contributed by atoms with Crippen molar-refractivity contribution in [2.75, 3.05) is 6.56 Å². The van der Waals surface area contributed by atoms with E-state index in [0.717, 1.165) is 0 Å². The van der Waals surface area contributed by atoms with E-state index in [-0.39, 0.29) is 0 Å². The van der Waals surface area contributed by atoms with E-state index in [2.05, 4.69) is 9.47 Å². The second-order valence-corrected chi connectivity index (χ2v) is 5.73. The first-order valence-electron chi connectivity index (χ1n) is 5.55. The van der Waals surface area contributed by atoms with E-state index >= 15 is 0 Å². The average Bonchev–Trinajstić information content (AvgIpc) is 2.27. The maximum absolute atomic E-state index is 10.8. The van der Waals surface area contributed by atoms with Crippen molar-refractivity contribution in [3.8, 4) is 0 Å². The molecule has 1 heterocycles. The zero-order valence-electron chi connectivity index (χ0n) is 10.5. The van der Waals surface area contributed by atoms with Crippen LogP contribution in [0.2, 0.25) is 0 Å². The van der Waals surface area contributed by atoms with Gasteiger partial charge < -0.3 is 29.9 Å².